The molecule has 0 unspecified atom stereocenters. The lowest BCUT2D eigenvalue weighted by atomic mass is 9.72. The lowest BCUT2D eigenvalue weighted by molar-refractivity contribution is -0.145. The number of aliphatic carboxylic acids is 1. The number of rotatable bonds is 1. The molecule has 0 bridgehead atoms. The molecule has 1 spiro atoms. The Bertz CT molecular complexity index is 219. The van der Waals surface area contributed by atoms with E-state index in [9.17, 15) is 9.90 Å². The number of nitrogens with one attached hydrogen (secondary N) is 1. The quantitative estimate of drug-likeness (QED) is 0.671. The summed E-state index contributed by atoms with van der Waals surface area (Å²) in [7, 11) is 0. The van der Waals surface area contributed by atoms with E-state index in [1.165, 1.54) is 25.7 Å². The second kappa shape index (κ2) is 3.89. The van der Waals surface area contributed by atoms with Crippen LogP contribution >= 0.6 is 0 Å². The largest absolute Gasteiger partial charge is 0.481 e. The Kier molecular flexibility index (Phi) is 2.77. The molecular formula is C11H19NO2. The second-order valence-corrected chi connectivity index (χ2v) is 4.80. The van der Waals surface area contributed by atoms with E-state index in [2.05, 4.69) is 5.32 Å². The maximum Gasteiger partial charge on any atom is 0.308 e. The van der Waals surface area contributed by atoms with Gasteiger partial charge in [-0.1, -0.05) is 25.7 Å². The minimum atomic E-state index is -0.600. The normalized spacial score (nSPS) is 31.6. The van der Waals surface area contributed by atoms with Crippen molar-refractivity contribution in [2.45, 2.75) is 38.5 Å². The van der Waals surface area contributed by atoms with Crippen molar-refractivity contribution in [3.05, 3.63) is 0 Å². The van der Waals surface area contributed by atoms with Crippen molar-refractivity contribution in [2.75, 3.05) is 13.1 Å². The molecule has 80 valence electrons. The van der Waals surface area contributed by atoms with Crippen LogP contribution in [0.3, 0.4) is 0 Å². The lowest BCUT2D eigenvalue weighted by Gasteiger charge is -2.31. The Hall–Kier alpha value is -0.570. The van der Waals surface area contributed by atoms with Crippen LogP contribution < -0.4 is 5.32 Å². The Balaban J connectivity index is 2.14. The van der Waals surface area contributed by atoms with E-state index in [4.69, 9.17) is 0 Å². The molecule has 0 aromatic rings. The molecule has 2 aliphatic rings. The van der Waals surface area contributed by atoms with Gasteiger partial charge >= 0.3 is 5.97 Å². The van der Waals surface area contributed by atoms with Gasteiger partial charge in [0.2, 0.25) is 0 Å². The highest BCUT2D eigenvalue weighted by atomic mass is 16.4. The third-order valence-electron chi connectivity index (χ3n) is 3.96. The molecule has 2 N–H and O–H groups in total. The van der Waals surface area contributed by atoms with Gasteiger partial charge in [-0.25, -0.2) is 0 Å². The van der Waals surface area contributed by atoms with E-state index in [1.54, 1.807) is 0 Å². The summed E-state index contributed by atoms with van der Waals surface area (Å²) >= 11 is 0. The topological polar surface area (TPSA) is 49.3 Å². The summed E-state index contributed by atoms with van der Waals surface area (Å²) in [5.74, 6) is -0.738. The van der Waals surface area contributed by atoms with E-state index in [-0.39, 0.29) is 11.3 Å². The summed E-state index contributed by atoms with van der Waals surface area (Å²) < 4.78 is 0. The van der Waals surface area contributed by atoms with Crippen molar-refractivity contribution in [2.24, 2.45) is 11.3 Å². The van der Waals surface area contributed by atoms with Crippen molar-refractivity contribution < 1.29 is 9.90 Å². The average molecular weight is 197 g/mol. The van der Waals surface area contributed by atoms with E-state index in [0.29, 0.717) is 6.54 Å². The van der Waals surface area contributed by atoms with Gasteiger partial charge in [-0.3, -0.25) is 4.79 Å². The molecule has 2 rings (SSSR count). The highest BCUT2D eigenvalue weighted by Gasteiger charge is 2.46. The van der Waals surface area contributed by atoms with Crippen LogP contribution in [0.2, 0.25) is 0 Å². The van der Waals surface area contributed by atoms with Gasteiger partial charge in [-0.05, 0) is 18.3 Å². The Morgan fingerprint density at radius 2 is 1.86 bits per heavy atom. The van der Waals surface area contributed by atoms with Gasteiger partial charge < -0.3 is 10.4 Å². The van der Waals surface area contributed by atoms with E-state index >= 15 is 0 Å². The van der Waals surface area contributed by atoms with Gasteiger partial charge in [0.05, 0.1) is 5.92 Å². The predicted molar refractivity (Wildman–Crippen MR) is 54.1 cm³/mol. The number of hydrogen-bond donors (Lipinski definition) is 2. The first-order valence-electron chi connectivity index (χ1n) is 5.68. The molecule has 3 heteroatoms. The maximum atomic E-state index is 11.1. The first-order chi connectivity index (χ1) is 6.75. The van der Waals surface area contributed by atoms with Gasteiger partial charge in [0.1, 0.15) is 0 Å². The van der Waals surface area contributed by atoms with Gasteiger partial charge in [0, 0.05) is 13.1 Å². The van der Waals surface area contributed by atoms with Crippen LogP contribution in [0.25, 0.3) is 0 Å². The number of carboxylic acids is 1. The first-order valence-corrected chi connectivity index (χ1v) is 5.68. The zero-order chi connectivity index (χ0) is 10.0. The fraction of sp³-hybridized carbons (Fsp3) is 0.909. The second-order valence-electron chi connectivity index (χ2n) is 4.80. The molecule has 0 aromatic heterocycles. The van der Waals surface area contributed by atoms with E-state index in [0.717, 1.165) is 19.4 Å². The molecule has 1 atom stereocenters. The Labute approximate surface area is 84.9 Å². The van der Waals surface area contributed by atoms with Gasteiger partial charge in [0.15, 0.2) is 0 Å². The molecule has 2 fully saturated rings. The number of hydrogen-bond acceptors (Lipinski definition) is 2. The highest BCUT2D eigenvalue weighted by Crippen LogP contribution is 2.43. The predicted octanol–water partition coefficient (Wildman–Crippen LogP) is 1.63. The number of carbonyl (C=O) groups is 1. The SMILES string of the molecule is O=C(O)[C@H]1CNCC12CCCCCC2. The van der Waals surface area contributed by atoms with Crippen molar-refractivity contribution in [1.82, 2.24) is 5.32 Å². The first kappa shape index (κ1) is 9.97. The molecule has 0 amide bonds. The summed E-state index contributed by atoms with van der Waals surface area (Å²) in [4.78, 5) is 11.1. The molecule has 3 nitrogen and oxygen atoms in total. The zero-order valence-electron chi connectivity index (χ0n) is 8.59. The molecule has 1 saturated carbocycles. The van der Waals surface area contributed by atoms with Crippen LogP contribution in [0, 0.1) is 11.3 Å². The van der Waals surface area contributed by atoms with Crippen molar-refractivity contribution in [1.29, 1.82) is 0 Å². The highest BCUT2D eigenvalue weighted by molar-refractivity contribution is 5.72. The van der Waals surface area contributed by atoms with Crippen LogP contribution in [0.15, 0.2) is 0 Å². The summed E-state index contributed by atoms with van der Waals surface area (Å²) in [6.07, 6.45) is 7.22. The fourth-order valence-corrected chi connectivity index (χ4v) is 3.11. The molecule has 1 aliphatic heterocycles. The molecular weight excluding hydrogens is 178 g/mol. The summed E-state index contributed by atoms with van der Waals surface area (Å²) in [6, 6.07) is 0. The van der Waals surface area contributed by atoms with Gasteiger partial charge in [-0.2, -0.15) is 0 Å². The average Bonchev–Trinajstić information content (AvgIpc) is 2.39. The summed E-state index contributed by atoms with van der Waals surface area (Å²) in [5, 5.41) is 12.4. The minimum Gasteiger partial charge on any atom is -0.481 e. The van der Waals surface area contributed by atoms with Gasteiger partial charge in [0.25, 0.3) is 0 Å². The zero-order valence-corrected chi connectivity index (χ0v) is 8.59. The van der Waals surface area contributed by atoms with Crippen LogP contribution in [0.4, 0.5) is 0 Å². The molecule has 1 aliphatic carbocycles. The van der Waals surface area contributed by atoms with Crippen LogP contribution in [0.1, 0.15) is 38.5 Å². The Morgan fingerprint density at radius 3 is 2.43 bits per heavy atom. The number of carboxylic acid groups (broad SMARTS) is 1. The van der Waals surface area contributed by atoms with Crippen LogP contribution in [-0.4, -0.2) is 24.2 Å². The van der Waals surface area contributed by atoms with Crippen molar-refractivity contribution in [3.63, 3.8) is 0 Å². The Morgan fingerprint density at radius 1 is 1.21 bits per heavy atom. The maximum absolute atomic E-state index is 11.1. The monoisotopic (exact) mass is 197 g/mol. The smallest absolute Gasteiger partial charge is 0.308 e. The van der Waals surface area contributed by atoms with Crippen molar-refractivity contribution >= 4 is 5.97 Å². The molecule has 14 heavy (non-hydrogen) atoms. The molecule has 1 saturated heterocycles. The third kappa shape index (κ3) is 1.65. The lowest BCUT2D eigenvalue weighted by Crippen LogP contribution is -2.34. The fourth-order valence-electron chi connectivity index (χ4n) is 3.11. The molecule has 0 aromatic carbocycles. The summed E-state index contributed by atoms with van der Waals surface area (Å²) in [5.41, 5.74) is 0.0856. The standard InChI is InChI=1S/C11H19NO2/c13-10(14)9-7-12-8-11(9)5-3-1-2-4-6-11/h9,12H,1-8H2,(H,13,14)/t9-/m1/s1. The van der Waals surface area contributed by atoms with Crippen LogP contribution in [0.5, 0.6) is 0 Å². The summed E-state index contributed by atoms with van der Waals surface area (Å²) in [6.45, 7) is 1.60. The van der Waals surface area contributed by atoms with Crippen molar-refractivity contribution in [3.8, 4) is 0 Å². The molecule has 1 heterocycles. The molecule has 0 radical (unpaired) electrons. The van der Waals surface area contributed by atoms with E-state index < -0.39 is 5.97 Å². The van der Waals surface area contributed by atoms with E-state index in [1.807, 2.05) is 0 Å². The van der Waals surface area contributed by atoms with Gasteiger partial charge in [-0.15, -0.1) is 0 Å². The third-order valence-corrected chi connectivity index (χ3v) is 3.96. The van der Waals surface area contributed by atoms with Crippen LogP contribution in [-0.2, 0) is 4.79 Å². The minimum absolute atomic E-state index is 0.0856.